The number of hydrogen-bond acceptors (Lipinski definition) is 6. The van der Waals surface area contributed by atoms with Crippen LogP contribution >= 0.6 is 11.3 Å². The number of rotatable bonds is 6. The number of thiazole rings is 1. The van der Waals surface area contributed by atoms with Gasteiger partial charge >= 0.3 is 5.97 Å². The number of aryl methyl sites for hydroxylation is 1. The number of esters is 1. The van der Waals surface area contributed by atoms with E-state index in [0.29, 0.717) is 26.4 Å². The predicted octanol–water partition coefficient (Wildman–Crippen LogP) is 4.25. The van der Waals surface area contributed by atoms with Crippen LogP contribution in [0.15, 0.2) is 94.2 Å². The van der Waals surface area contributed by atoms with Crippen molar-refractivity contribution in [1.82, 2.24) is 4.57 Å². The number of methoxy groups -OCH3 is 1. The van der Waals surface area contributed by atoms with Gasteiger partial charge in [0.05, 0.1) is 35.6 Å². The third kappa shape index (κ3) is 4.78. The lowest BCUT2D eigenvalue weighted by Gasteiger charge is -2.26. The molecular formula is C30H26N2O4S. The first-order valence-corrected chi connectivity index (χ1v) is 12.8. The normalized spacial score (nSPS) is 15.2. The summed E-state index contributed by atoms with van der Waals surface area (Å²) in [5, 5.41) is 0. The Labute approximate surface area is 218 Å². The van der Waals surface area contributed by atoms with E-state index < -0.39 is 12.0 Å². The van der Waals surface area contributed by atoms with E-state index in [9.17, 15) is 9.59 Å². The van der Waals surface area contributed by atoms with E-state index in [4.69, 9.17) is 14.5 Å². The van der Waals surface area contributed by atoms with E-state index in [1.54, 1.807) is 18.6 Å². The van der Waals surface area contributed by atoms with Crippen molar-refractivity contribution in [2.75, 3.05) is 13.7 Å². The van der Waals surface area contributed by atoms with Crippen LogP contribution in [0, 0.1) is 6.92 Å². The molecule has 0 radical (unpaired) electrons. The molecule has 7 heteroatoms. The van der Waals surface area contributed by atoms with Crippen molar-refractivity contribution in [2.24, 2.45) is 4.99 Å². The Morgan fingerprint density at radius 1 is 1.03 bits per heavy atom. The van der Waals surface area contributed by atoms with E-state index in [0.717, 1.165) is 22.3 Å². The van der Waals surface area contributed by atoms with Gasteiger partial charge in [0.2, 0.25) is 0 Å². The van der Waals surface area contributed by atoms with Crippen LogP contribution in [0.1, 0.15) is 35.2 Å². The third-order valence-corrected chi connectivity index (χ3v) is 7.16. The van der Waals surface area contributed by atoms with Crippen LogP contribution in [-0.2, 0) is 9.53 Å². The zero-order chi connectivity index (χ0) is 25.9. The van der Waals surface area contributed by atoms with Gasteiger partial charge < -0.3 is 9.47 Å². The van der Waals surface area contributed by atoms with Crippen LogP contribution in [0.4, 0.5) is 0 Å². The number of benzene rings is 3. The molecule has 0 aliphatic carbocycles. The fourth-order valence-electron chi connectivity index (χ4n) is 4.36. The number of nitrogens with zero attached hydrogens (tertiary/aromatic N) is 2. The van der Waals surface area contributed by atoms with Crippen LogP contribution < -0.4 is 19.6 Å². The summed E-state index contributed by atoms with van der Waals surface area (Å²) in [4.78, 5) is 32.7. The highest BCUT2D eigenvalue weighted by Crippen LogP contribution is 2.35. The van der Waals surface area contributed by atoms with Gasteiger partial charge in [-0.2, -0.15) is 0 Å². The first-order chi connectivity index (χ1) is 18.0. The maximum Gasteiger partial charge on any atom is 0.338 e. The Morgan fingerprint density at radius 3 is 2.38 bits per heavy atom. The van der Waals surface area contributed by atoms with Crippen molar-refractivity contribution in [3.8, 4) is 5.75 Å². The van der Waals surface area contributed by atoms with Gasteiger partial charge in [-0.3, -0.25) is 9.36 Å². The van der Waals surface area contributed by atoms with Gasteiger partial charge in [-0.15, -0.1) is 0 Å². The van der Waals surface area contributed by atoms with Crippen molar-refractivity contribution in [2.45, 2.75) is 19.9 Å². The number of ether oxygens (including phenoxy) is 2. The van der Waals surface area contributed by atoms with Crippen LogP contribution in [0.3, 0.4) is 0 Å². The molecule has 1 aliphatic rings. The molecule has 0 saturated heterocycles. The van der Waals surface area contributed by atoms with E-state index in [-0.39, 0.29) is 12.2 Å². The maximum atomic E-state index is 13.8. The summed E-state index contributed by atoms with van der Waals surface area (Å²) in [6.07, 6.45) is 1.87. The number of carbonyl (C=O) groups is 1. The fraction of sp³-hybridized carbons (Fsp3) is 0.167. The van der Waals surface area contributed by atoms with Crippen LogP contribution in [0.5, 0.6) is 5.75 Å². The largest absolute Gasteiger partial charge is 0.497 e. The summed E-state index contributed by atoms with van der Waals surface area (Å²) in [6, 6.07) is 24.2. The third-order valence-electron chi connectivity index (χ3n) is 6.18. The van der Waals surface area contributed by atoms with Gasteiger partial charge in [-0.25, -0.2) is 9.79 Å². The van der Waals surface area contributed by atoms with Crippen LogP contribution in [-0.4, -0.2) is 24.3 Å². The highest BCUT2D eigenvalue weighted by Gasteiger charge is 2.35. The Bertz CT molecular complexity index is 1650. The quantitative estimate of drug-likeness (QED) is 0.364. The molecule has 0 spiro atoms. The van der Waals surface area contributed by atoms with E-state index in [2.05, 4.69) is 0 Å². The van der Waals surface area contributed by atoms with Gasteiger partial charge in [0.1, 0.15) is 5.75 Å². The van der Waals surface area contributed by atoms with Crippen LogP contribution in [0.25, 0.3) is 11.8 Å². The van der Waals surface area contributed by atoms with E-state index in [1.165, 1.54) is 11.3 Å². The zero-order valence-corrected chi connectivity index (χ0v) is 21.6. The molecule has 0 unspecified atom stereocenters. The highest BCUT2D eigenvalue weighted by molar-refractivity contribution is 7.07. The minimum Gasteiger partial charge on any atom is -0.497 e. The van der Waals surface area contributed by atoms with Crippen molar-refractivity contribution in [3.05, 3.63) is 126 Å². The van der Waals surface area contributed by atoms with Crippen molar-refractivity contribution >= 4 is 29.1 Å². The lowest BCUT2D eigenvalue weighted by atomic mass is 9.93. The van der Waals surface area contributed by atoms with E-state index >= 15 is 0 Å². The summed E-state index contributed by atoms with van der Waals surface area (Å²) in [5.41, 5.74) is 4.22. The lowest BCUT2D eigenvalue weighted by Crippen LogP contribution is -2.40. The number of fused-ring (bicyclic) bond motifs is 1. The SMILES string of the molecule is CCOC(=O)C1=C(c2ccccc2)N=c2s/c(=C\c3ccc(C)cc3)c(=O)n2[C@H]1c1ccc(OC)cc1. The molecule has 6 nitrogen and oxygen atoms in total. The molecule has 1 atom stereocenters. The molecule has 0 bridgehead atoms. The smallest absolute Gasteiger partial charge is 0.338 e. The molecule has 0 fully saturated rings. The Hall–Kier alpha value is -4.23. The number of carbonyl (C=O) groups excluding carboxylic acids is 1. The van der Waals surface area contributed by atoms with Gasteiger partial charge in [-0.1, -0.05) is 83.6 Å². The minimum atomic E-state index is -0.711. The molecule has 1 aliphatic heterocycles. The molecule has 0 N–H and O–H groups in total. The van der Waals surface area contributed by atoms with Gasteiger partial charge in [-0.05, 0) is 43.2 Å². The molecular weight excluding hydrogens is 484 g/mol. The highest BCUT2D eigenvalue weighted by atomic mass is 32.1. The minimum absolute atomic E-state index is 0.206. The molecule has 4 aromatic rings. The summed E-state index contributed by atoms with van der Waals surface area (Å²) < 4.78 is 13.0. The first kappa shape index (κ1) is 24.5. The van der Waals surface area contributed by atoms with Gasteiger partial charge in [0, 0.05) is 5.56 Å². The van der Waals surface area contributed by atoms with Crippen molar-refractivity contribution < 1.29 is 14.3 Å². The zero-order valence-electron chi connectivity index (χ0n) is 20.8. The maximum absolute atomic E-state index is 13.8. The van der Waals surface area contributed by atoms with E-state index in [1.807, 2.05) is 91.9 Å². The molecule has 5 rings (SSSR count). The standard InChI is InChI=1S/C30H26N2O4S/c1-4-36-29(34)25-26(21-8-6-5-7-9-21)31-30-32(27(25)22-14-16-23(35-3)17-15-22)28(33)24(37-30)18-20-12-10-19(2)11-13-20/h5-18,27H,4H2,1-3H3/b24-18-/t27-/m0/s1. The fourth-order valence-corrected chi connectivity index (χ4v) is 5.36. The monoisotopic (exact) mass is 510 g/mol. The first-order valence-electron chi connectivity index (χ1n) is 12.0. The summed E-state index contributed by atoms with van der Waals surface area (Å²) in [6.45, 7) is 3.99. The van der Waals surface area contributed by atoms with Crippen molar-refractivity contribution in [3.63, 3.8) is 0 Å². The molecule has 2 heterocycles. The predicted molar refractivity (Wildman–Crippen MR) is 145 cm³/mol. The number of hydrogen-bond donors (Lipinski definition) is 0. The molecule has 1 aromatic heterocycles. The topological polar surface area (TPSA) is 69.9 Å². The second-order valence-electron chi connectivity index (χ2n) is 8.62. The molecule has 0 amide bonds. The van der Waals surface area contributed by atoms with Crippen molar-refractivity contribution in [1.29, 1.82) is 0 Å². The average Bonchev–Trinajstić information content (AvgIpc) is 3.24. The Kier molecular flexibility index (Phi) is 6.88. The molecule has 3 aromatic carbocycles. The second kappa shape index (κ2) is 10.4. The lowest BCUT2D eigenvalue weighted by molar-refractivity contribution is -0.138. The summed E-state index contributed by atoms with van der Waals surface area (Å²) in [5.74, 6) is 0.180. The van der Waals surface area contributed by atoms with Crippen LogP contribution in [0.2, 0.25) is 0 Å². The summed E-state index contributed by atoms with van der Waals surface area (Å²) >= 11 is 1.31. The molecule has 186 valence electrons. The number of aromatic nitrogens is 1. The molecule has 0 saturated carbocycles. The van der Waals surface area contributed by atoms with Gasteiger partial charge in [0.15, 0.2) is 4.80 Å². The second-order valence-corrected chi connectivity index (χ2v) is 9.62. The molecule has 37 heavy (non-hydrogen) atoms. The van der Waals surface area contributed by atoms with Gasteiger partial charge in [0.25, 0.3) is 5.56 Å². The average molecular weight is 511 g/mol. The summed E-state index contributed by atoms with van der Waals surface area (Å²) in [7, 11) is 1.60. The Balaban J connectivity index is 1.81. The Morgan fingerprint density at radius 2 is 1.73 bits per heavy atom.